The Balaban J connectivity index is 2.15. The molecule has 1 aliphatic heterocycles. The molecule has 21 heavy (non-hydrogen) atoms. The molecule has 0 radical (unpaired) electrons. The summed E-state index contributed by atoms with van der Waals surface area (Å²) >= 11 is 0. The zero-order chi connectivity index (χ0) is 15.5. The largest absolute Gasteiger partial charge is 0.478 e. The highest BCUT2D eigenvalue weighted by Crippen LogP contribution is 2.19. The molecule has 1 aromatic rings. The van der Waals surface area contributed by atoms with Gasteiger partial charge in [-0.25, -0.2) is 17.9 Å². The summed E-state index contributed by atoms with van der Waals surface area (Å²) in [5, 5.41) is 9.04. The molecule has 1 atom stereocenters. The summed E-state index contributed by atoms with van der Waals surface area (Å²) in [6.07, 6.45) is -0.337. The van der Waals surface area contributed by atoms with E-state index in [1.54, 1.807) is 0 Å². The number of carboxylic acid groups (broad SMARTS) is 1. The second-order valence-electron chi connectivity index (χ2n) is 4.65. The van der Waals surface area contributed by atoms with E-state index in [1.165, 1.54) is 25.1 Å². The third kappa shape index (κ3) is 3.79. The van der Waals surface area contributed by atoms with E-state index in [9.17, 15) is 13.2 Å². The fourth-order valence-electron chi connectivity index (χ4n) is 2.07. The van der Waals surface area contributed by atoms with Crippen molar-refractivity contribution in [3.8, 4) is 0 Å². The molecule has 1 aliphatic rings. The molecule has 1 aromatic carbocycles. The third-order valence-corrected chi connectivity index (χ3v) is 4.76. The van der Waals surface area contributed by atoms with Gasteiger partial charge < -0.3 is 14.6 Å². The minimum atomic E-state index is -3.80. The van der Waals surface area contributed by atoms with E-state index in [-0.39, 0.29) is 28.7 Å². The van der Waals surface area contributed by atoms with Gasteiger partial charge in [0.2, 0.25) is 10.0 Å². The molecular weight excluding hydrogens is 298 g/mol. The smallest absolute Gasteiger partial charge is 0.335 e. The lowest BCUT2D eigenvalue weighted by molar-refractivity contribution is -0.0846. The van der Waals surface area contributed by atoms with Gasteiger partial charge in [0.15, 0.2) is 0 Å². The molecule has 2 N–H and O–H groups in total. The van der Waals surface area contributed by atoms with Gasteiger partial charge in [0.25, 0.3) is 0 Å². The van der Waals surface area contributed by atoms with Crippen molar-refractivity contribution in [2.75, 3.05) is 26.4 Å². The number of hydrogen-bond acceptors (Lipinski definition) is 5. The van der Waals surface area contributed by atoms with Crippen LogP contribution < -0.4 is 4.72 Å². The standard InChI is InChI=1S/C13H17NO6S/c1-9-11(13(15)16)3-2-4-12(9)21(17,18)14-7-10-8-19-5-6-20-10/h2-4,10,14H,5-8H2,1H3,(H,15,16). The van der Waals surface area contributed by atoms with Gasteiger partial charge in [-0.1, -0.05) is 6.07 Å². The van der Waals surface area contributed by atoms with Crippen LogP contribution in [0.5, 0.6) is 0 Å². The highest BCUT2D eigenvalue weighted by Gasteiger charge is 2.23. The van der Waals surface area contributed by atoms with Crippen LogP contribution in [0.4, 0.5) is 0 Å². The van der Waals surface area contributed by atoms with Crippen LogP contribution in [-0.2, 0) is 19.5 Å². The van der Waals surface area contributed by atoms with Gasteiger partial charge in [0, 0.05) is 6.54 Å². The van der Waals surface area contributed by atoms with Crippen LogP contribution in [0.15, 0.2) is 23.1 Å². The molecule has 116 valence electrons. The van der Waals surface area contributed by atoms with E-state index in [1.807, 2.05) is 0 Å². The Kier molecular flexibility index (Phi) is 4.94. The van der Waals surface area contributed by atoms with E-state index >= 15 is 0 Å². The average Bonchev–Trinajstić information content (AvgIpc) is 2.46. The number of aromatic carboxylic acids is 1. The maximum Gasteiger partial charge on any atom is 0.335 e. The van der Waals surface area contributed by atoms with Gasteiger partial charge in [-0.05, 0) is 24.6 Å². The Labute approximate surface area is 122 Å². The highest BCUT2D eigenvalue weighted by atomic mass is 32.2. The Morgan fingerprint density at radius 1 is 1.43 bits per heavy atom. The zero-order valence-corrected chi connectivity index (χ0v) is 12.4. The molecule has 0 spiro atoms. The number of rotatable bonds is 5. The summed E-state index contributed by atoms with van der Waals surface area (Å²) in [5.74, 6) is -1.16. The predicted octanol–water partition coefficient (Wildman–Crippen LogP) is 0.387. The summed E-state index contributed by atoms with van der Waals surface area (Å²) in [5.41, 5.74) is 0.174. The SMILES string of the molecule is Cc1c(C(=O)O)cccc1S(=O)(=O)NCC1COCCO1. The van der Waals surface area contributed by atoms with Crippen LogP contribution in [-0.4, -0.2) is 52.0 Å². The Morgan fingerprint density at radius 2 is 2.19 bits per heavy atom. The fraction of sp³-hybridized carbons (Fsp3) is 0.462. The van der Waals surface area contributed by atoms with Crippen LogP contribution in [0.3, 0.4) is 0 Å². The molecule has 1 fully saturated rings. The van der Waals surface area contributed by atoms with Crippen molar-refractivity contribution in [2.45, 2.75) is 17.9 Å². The molecule has 0 saturated carbocycles. The average molecular weight is 315 g/mol. The minimum Gasteiger partial charge on any atom is -0.478 e. The minimum absolute atomic E-state index is 0.0323. The molecule has 0 aliphatic carbocycles. The first-order chi connectivity index (χ1) is 9.92. The number of benzene rings is 1. The fourth-order valence-corrected chi connectivity index (χ4v) is 3.40. The molecule has 1 heterocycles. The molecule has 7 nitrogen and oxygen atoms in total. The molecule has 0 aromatic heterocycles. The first-order valence-corrected chi connectivity index (χ1v) is 7.92. The van der Waals surface area contributed by atoms with Crippen molar-refractivity contribution in [1.29, 1.82) is 0 Å². The molecule has 1 unspecified atom stereocenters. The number of ether oxygens (including phenoxy) is 2. The lowest BCUT2D eigenvalue weighted by Crippen LogP contribution is -2.39. The summed E-state index contributed by atoms with van der Waals surface area (Å²) < 4.78 is 37.5. The van der Waals surface area contributed by atoms with Gasteiger partial charge in [-0.2, -0.15) is 0 Å². The summed E-state index contributed by atoms with van der Waals surface area (Å²) in [6.45, 7) is 2.82. The Bertz CT molecular complexity index is 622. The molecule has 1 saturated heterocycles. The number of carbonyl (C=O) groups is 1. The topological polar surface area (TPSA) is 102 Å². The van der Waals surface area contributed by atoms with E-state index in [2.05, 4.69) is 4.72 Å². The maximum absolute atomic E-state index is 12.3. The zero-order valence-electron chi connectivity index (χ0n) is 11.5. The quantitative estimate of drug-likeness (QED) is 0.815. The maximum atomic E-state index is 12.3. The lowest BCUT2D eigenvalue weighted by atomic mass is 10.1. The lowest BCUT2D eigenvalue weighted by Gasteiger charge is -2.23. The van der Waals surface area contributed by atoms with Crippen molar-refractivity contribution >= 4 is 16.0 Å². The van der Waals surface area contributed by atoms with Crippen LogP contribution in [0.1, 0.15) is 15.9 Å². The highest BCUT2D eigenvalue weighted by molar-refractivity contribution is 7.89. The van der Waals surface area contributed by atoms with Crippen molar-refractivity contribution in [1.82, 2.24) is 4.72 Å². The normalized spacial score (nSPS) is 19.4. The number of sulfonamides is 1. The first-order valence-electron chi connectivity index (χ1n) is 6.44. The molecule has 0 amide bonds. The number of hydrogen-bond donors (Lipinski definition) is 2. The van der Waals surface area contributed by atoms with Crippen LogP contribution in [0, 0.1) is 6.92 Å². The molecule has 2 rings (SSSR count). The summed E-state index contributed by atoms with van der Waals surface area (Å²) in [4.78, 5) is 11.0. The molecule has 8 heteroatoms. The van der Waals surface area contributed by atoms with Gasteiger partial charge in [-0.15, -0.1) is 0 Å². The van der Waals surface area contributed by atoms with E-state index < -0.39 is 16.0 Å². The molecular formula is C13H17NO6S. The van der Waals surface area contributed by atoms with E-state index in [0.717, 1.165) is 0 Å². The van der Waals surface area contributed by atoms with Gasteiger partial charge in [0.05, 0.1) is 36.4 Å². The van der Waals surface area contributed by atoms with Crippen molar-refractivity contribution in [2.24, 2.45) is 0 Å². The Morgan fingerprint density at radius 3 is 2.81 bits per heavy atom. The second-order valence-corrected chi connectivity index (χ2v) is 6.39. The number of carboxylic acids is 1. The van der Waals surface area contributed by atoms with Gasteiger partial charge in [0.1, 0.15) is 0 Å². The summed E-state index contributed by atoms with van der Waals surface area (Å²) in [6, 6.07) is 4.16. The van der Waals surface area contributed by atoms with Gasteiger partial charge >= 0.3 is 5.97 Å². The van der Waals surface area contributed by atoms with Crippen molar-refractivity contribution < 1.29 is 27.8 Å². The van der Waals surface area contributed by atoms with Crippen LogP contribution in [0.2, 0.25) is 0 Å². The number of nitrogens with one attached hydrogen (secondary N) is 1. The van der Waals surface area contributed by atoms with Gasteiger partial charge in [-0.3, -0.25) is 0 Å². The van der Waals surface area contributed by atoms with E-state index in [0.29, 0.717) is 19.8 Å². The Hall–Kier alpha value is -1.48. The van der Waals surface area contributed by atoms with Crippen LogP contribution >= 0.6 is 0 Å². The second kappa shape index (κ2) is 6.52. The van der Waals surface area contributed by atoms with Crippen molar-refractivity contribution in [3.63, 3.8) is 0 Å². The summed E-state index contributed by atoms with van der Waals surface area (Å²) in [7, 11) is -3.80. The van der Waals surface area contributed by atoms with Crippen molar-refractivity contribution in [3.05, 3.63) is 29.3 Å². The first kappa shape index (κ1) is 15.9. The third-order valence-electron chi connectivity index (χ3n) is 3.19. The molecule has 0 bridgehead atoms. The monoisotopic (exact) mass is 315 g/mol. The predicted molar refractivity (Wildman–Crippen MR) is 73.9 cm³/mol. The van der Waals surface area contributed by atoms with E-state index in [4.69, 9.17) is 14.6 Å². The van der Waals surface area contributed by atoms with Crippen LogP contribution in [0.25, 0.3) is 0 Å².